The van der Waals surface area contributed by atoms with Crippen LogP contribution in [0, 0.1) is 0 Å². The number of fused-ring (bicyclic) bond motifs is 1. The van der Waals surface area contributed by atoms with E-state index in [1.54, 1.807) is 35.4 Å². The Hall–Kier alpha value is -3.51. The summed E-state index contributed by atoms with van der Waals surface area (Å²) < 4.78 is 7.32. The molecule has 0 N–H and O–H groups in total. The molecule has 144 valence electrons. The number of carbonyl (C=O) groups excluding carboxylic acids is 1. The van der Waals surface area contributed by atoms with Crippen LogP contribution in [0.1, 0.15) is 17.2 Å². The molecule has 0 saturated heterocycles. The number of nitrogens with zero attached hydrogens (tertiary/aromatic N) is 4. The lowest BCUT2D eigenvalue weighted by atomic mass is 10.1. The van der Waals surface area contributed by atoms with Gasteiger partial charge in [-0.3, -0.25) is 4.98 Å². The molecule has 0 aliphatic heterocycles. The van der Waals surface area contributed by atoms with Crippen LogP contribution in [0.4, 0.5) is 0 Å². The number of benzene rings is 2. The molecule has 0 amide bonds. The summed E-state index contributed by atoms with van der Waals surface area (Å²) in [7, 11) is 0. The van der Waals surface area contributed by atoms with Crippen LogP contribution < -0.4 is 0 Å². The third kappa shape index (κ3) is 4.67. The van der Waals surface area contributed by atoms with E-state index in [-0.39, 0.29) is 0 Å². The molecule has 0 saturated carbocycles. The third-order valence-corrected chi connectivity index (χ3v) is 4.63. The highest BCUT2D eigenvalue weighted by Gasteiger charge is 2.17. The molecule has 7 heteroatoms. The van der Waals surface area contributed by atoms with E-state index >= 15 is 0 Å². The van der Waals surface area contributed by atoms with Crippen molar-refractivity contribution >= 4 is 34.5 Å². The number of hydrogen-bond acceptors (Lipinski definition) is 5. The van der Waals surface area contributed by atoms with E-state index in [0.717, 1.165) is 22.0 Å². The number of carbonyl (C=O) groups is 1. The van der Waals surface area contributed by atoms with Gasteiger partial charge in [0.15, 0.2) is 0 Å². The van der Waals surface area contributed by atoms with Gasteiger partial charge in [-0.15, -0.1) is 0 Å². The summed E-state index contributed by atoms with van der Waals surface area (Å²) in [6.07, 6.45) is 7.34. The fourth-order valence-electron chi connectivity index (χ4n) is 2.98. The minimum Gasteiger partial charge on any atom is -0.452 e. The molecule has 0 fully saturated rings. The van der Waals surface area contributed by atoms with Crippen molar-refractivity contribution in [3.05, 3.63) is 95.7 Å². The number of para-hydroxylation sites is 1. The quantitative estimate of drug-likeness (QED) is 0.350. The molecule has 0 spiro atoms. The molecule has 0 aliphatic rings. The lowest BCUT2D eigenvalue weighted by Gasteiger charge is -2.17. The summed E-state index contributed by atoms with van der Waals surface area (Å²) in [5, 5.41) is 5.72. The van der Waals surface area contributed by atoms with Crippen molar-refractivity contribution in [1.82, 2.24) is 19.7 Å². The standard InChI is InChI=1S/C22H17ClN4O2/c23-19-9-6-16(7-10-19)20(13-27-15-24-14-26-27)29-21(28)11-8-18-4-1-3-17-5-2-12-25-22(17)18/h1-12,14-15,20H,13H2. The minimum absolute atomic E-state index is 0.344. The van der Waals surface area contributed by atoms with Gasteiger partial charge in [0.05, 0.1) is 12.1 Å². The maximum atomic E-state index is 12.5. The normalized spacial score (nSPS) is 12.3. The average molecular weight is 405 g/mol. The van der Waals surface area contributed by atoms with Crippen LogP contribution in [0.5, 0.6) is 0 Å². The average Bonchev–Trinajstić information content (AvgIpc) is 3.25. The van der Waals surface area contributed by atoms with Crippen LogP contribution in [-0.2, 0) is 16.1 Å². The predicted octanol–water partition coefficient (Wildman–Crippen LogP) is 4.48. The summed E-state index contributed by atoms with van der Waals surface area (Å²) in [5.41, 5.74) is 2.49. The molecule has 2 heterocycles. The smallest absolute Gasteiger partial charge is 0.331 e. The lowest BCUT2D eigenvalue weighted by molar-refractivity contribution is -0.144. The van der Waals surface area contributed by atoms with Crippen LogP contribution in [0.15, 0.2) is 79.5 Å². The van der Waals surface area contributed by atoms with Gasteiger partial charge in [-0.05, 0) is 29.8 Å². The van der Waals surface area contributed by atoms with Gasteiger partial charge in [-0.25, -0.2) is 14.5 Å². The number of esters is 1. The fraction of sp³-hybridized carbons (Fsp3) is 0.0909. The largest absolute Gasteiger partial charge is 0.452 e. The zero-order valence-electron chi connectivity index (χ0n) is 15.4. The molecule has 0 bridgehead atoms. The molecule has 1 atom stereocenters. The zero-order chi connectivity index (χ0) is 20.1. The van der Waals surface area contributed by atoms with Crippen molar-refractivity contribution in [3.63, 3.8) is 0 Å². The van der Waals surface area contributed by atoms with Gasteiger partial charge in [0.1, 0.15) is 18.8 Å². The van der Waals surface area contributed by atoms with Crippen molar-refractivity contribution in [2.24, 2.45) is 0 Å². The summed E-state index contributed by atoms with van der Waals surface area (Å²) in [5.74, 6) is -0.460. The van der Waals surface area contributed by atoms with Crippen molar-refractivity contribution in [2.45, 2.75) is 12.6 Å². The Bertz CT molecular complexity index is 1140. The Morgan fingerprint density at radius 1 is 1.14 bits per heavy atom. The van der Waals surface area contributed by atoms with Crippen molar-refractivity contribution in [1.29, 1.82) is 0 Å². The predicted molar refractivity (Wildman–Crippen MR) is 111 cm³/mol. The van der Waals surface area contributed by atoms with E-state index in [1.165, 1.54) is 12.4 Å². The number of ether oxygens (including phenoxy) is 1. The highest BCUT2D eigenvalue weighted by Crippen LogP contribution is 2.22. The van der Waals surface area contributed by atoms with Gasteiger partial charge in [-0.2, -0.15) is 5.10 Å². The van der Waals surface area contributed by atoms with Crippen molar-refractivity contribution in [3.8, 4) is 0 Å². The first kappa shape index (κ1) is 18.8. The van der Waals surface area contributed by atoms with Crippen molar-refractivity contribution < 1.29 is 9.53 Å². The van der Waals surface area contributed by atoms with E-state index in [9.17, 15) is 4.79 Å². The molecule has 4 aromatic rings. The van der Waals surface area contributed by atoms with Crippen LogP contribution in [0.25, 0.3) is 17.0 Å². The second-order valence-corrected chi connectivity index (χ2v) is 6.79. The Morgan fingerprint density at radius 2 is 1.97 bits per heavy atom. The van der Waals surface area contributed by atoms with E-state index in [2.05, 4.69) is 15.1 Å². The van der Waals surface area contributed by atoms with Gasteiger partial charge < -0.3 is 4.74 Å². The van der Waals surface area contributed by atoms with E-state index < -0.39 is 12.1 Å². The topological polar surface area (TPSA) is 69.9 Å². The molecule has 4 rings (SSSR count). The molecule has 0 radical (unpaired) electrons. The highest BCUT2D eigenvalue weighted by atomic mass is 35.5. The van der Waals surface area contributed by atoms with Gasteiger partial charge in [0, 0.05) is 28.2 Å². The van der Waals surface area contributed by atoms with Gasteiger partial charge in [0.2, 0.25) is 0 Å². The first-order valence-electron chi connectivity index (χ1n) is 8.99. The van der Waals surface area contributed by atoms with E-state index in [0.29, 0.717) is 11.6 Å². The van der Waals surface area contributed by atoms with Gasteiger partial charge >= 0.3 is 5.97 Å². The third-order valence-electron chi connectivity index (χ3n) is 4.38. The first-order chi connectivity index (χ1) is 14.2. The van der Waals surface area contributed by atoms with Crippen LogP contribution in [-0.4, -0.2) is 25.7 Å². The molecule has 1 unspecified atom stereocenters. The van der Waals surface area contributed by atoms with Crippen molar-refractivity contribution in [2.75, 3.05) is 0 Å². The Balaban J connectivity index is 1.54. The monoisotopic (exact) mass is 404 g/mol. The highest BCUT2D eigenvalue weighted by molar-refractivity contribution is 6.30. The number of halogens is 1. The number of pyridine rings is 1. The fourth-order valence-corrected chi connectivity index (χ4v) is 3.11. The minimum atomic E-state index is -0.531. The SMILES string of the molecule is O=C(C=Cc1cccc2cccnc12)OC(Cn1cncn1)c1ccc(Cl)cc1. The maximum Gasteiger partial charge on any atom is 0.331 e. The van der Waals surface area contributed by atoms with Crippen LogP contribution in [0.3, 0.4) is 0 Å². The molecule has 0 aliphatic carbocycles. The molecule has 6 nitrogen and oxygen atoms in total. The second kappa shape index (κ2) is 8.67. The Kier molecular flexibility index (Phi) is 5.63. The molecular formula is C22H17ClN4O2. The van der Waals surface area contributed by atoms with Crippen LogP contribution in [0.2, 0.25) is 5.02 Å². The van der Waals surface area contributed by atoms with Gasteiger partial charge in [-0.1, -0.05) is 48.0 Å². The lowest BCUT2D eigenvalue weighted by Crippen LogP contribution is -2.16. The summed E-state index contributed by atoms with van der Waals surface area (Å²) in [4.78, 5) is 20.9. The Morgan fingerprint density at radius 3 is 2.76 bits per heavy atom. The van der Waals surface area contributed by atoms with E-state index in [1.807, 2.05) is 42.5 Å². The first-order valence-corrected chi connectivity index (χ1v) is 9.37. The Labute approximate surface area is 172 Å². The van der Waals surface area contributed by atoms with Gasteiger partial charge in [0.25, 0.3) is 0 Å². The maximum absolute atomic E-state index is 12.5. The van der Waals surface area contributed by atoms with Crippen LogP contribution >= 0.6 is 11.6 Å². The second-order valence-electron chi connectivity index (χ2n) is 6.35. The summed E-state index contributed by atoms with van der Waals surface area (Å²) in [6.45, 7) is 0.344. The molecule has 29 heavy (non-hydrogen) atoms. The number of rotatable bonds is 6. The molecular weight excluding hydrogens is 388 g/mol. The summed E-state index contributed by atoms with van der Waals surface area (Å²) in [6, 6.07) is 16.9. The summed E-state index contributed by atoms with van der Waals surface area (Å²) >= 11 is 5.98. The number of aromatic nitrogens is 4. The van der Waals surface area contributed by atoms with E-state index in [4.69, 9.17) is 16.3 Å². The molecule has 2 aromatic carbocycles. The molecule has 2 aromatic heterocycles. The zero-order valence-corrected chi connectivity index (χ0v) is 16.1. The number of hydrogen-bond donors (Lipinski definition) is 0.